The molecule has 0 bridgehead atoms. The summed E-state index contributed by atoms with van der Waals surface area (Å²) < 4.78 is 23.4. The van der Waals surface area contributed by atoms with Crippen LogP contribution in [0.15, 0.2) is 27.8 Å². The first-order chi connectivity index (χ1) is 11.3. The fourth-order valence-electron chi connectivity index (χ4n) is 2.62. The average molecular weight is 388 g/mol. The molecule has 0 atom stereocenters. The Labute approximate surface area is 148 Å². The maximum Gasteiger partial charge on any atom is 0.305 e. The number of thiophene rings is 2. The maximum atomic E-state index is 11.7. The highest BCUT2D eigenvalue weighted by molar-refractivity contribution is 7.92. The monoisotopic (exact) mass is 387 g/mol. The van der Waals surface area contributed by atoms with Crippen molar-refractivity contribution in [1.82, 2.24) is 4.90 Å². The summed E-state index contributed by atoms with van der Waals surface area (Å²) in [6.07, 6.45) is 1.07. The zero-order chi connectivity index (χ0) is 17.3. The van der Waals surface area contributed by atoms with Crippen molar-refractivity contribution in [3.63, 3.8) is 0 Å². The van der Waals surface area contributed by atoms with Crippen LogP contribution in [-0.4, -0.2) is 50.7 Å². The molecule has 0 N–H and O–H groups in total. The van der Waals surface area contributed by atoms with Crippen molar-refractivity contribution in [3.05, 3.63) is 38.6 Å². The summed E-state index contributed by atoms with van der Waals surface area (Å²) in [5.41, 5.74) is -0.118. The molecule has 0 aromatic carbocycles. The van der Waals surface area contributed by atoms with Crippen LogP contribution in [0.25, 0.3) is 0 Å². The Hall–Kier alpha value is -1.49. The minimum Gasteiger partial charge on any atom is -0.355 e. The summed E-state index contributed by atoms with van der Waals surface area (Å²) in [6, 6.07) is 5.30. The molecule has 0 saturated carbocycles. The summed E-state index contributed by atoms with van der Waals surface area (Å²) in [5.74, 6) is 0. The second-order valence-corrected chi connectivity index (χ2v) is 9.93. The third-order valence-corrected chi connectivity index (χ3v) is 7.70. The summed E-state index contributed by atoms with van der Waals surface area (Å²) in [5, 5.41) is 13.8. The molecule has 1 fully saturated rings. The number of rotatable bonds is 5. The van der Waals surface area contributed by atoms with Crippen LogP contribution in [-0.2, 0) is 16.4 Å². The number of nitro groups is 1. The second-order valence-electron chi connectivity index (χ2n) is 5.63. The van der Waals surface area contributed by atoms with E-state index < -0.39 is 14.8 Å². The first kappa shape index (κ1) is 17.3. The quantitative estimate of drug-likeness (QED) is 0.579. The summed E-state index contributed by atoms with van der Waals surface area (Å²) >= 11 is 2.70. The van der Waals surface area contributed by atoms with Crippen LogP contribution < -0.4 is 4.90 Å². The molecule has 2 aromatic heterocycles. The number of sulfone groups is 1. The minimum atomic E-state index is -3.44. The molecule has 0 spiro atoms. The molecule has 3 rings (SSSR count). The van der Waals surface area contributed by atoms with Crippen molar-refractivity contribution >= 4 is 43.2 Å². The van der Waals surface area contributed by atoms with Crippen LogP contribution in [0.3, 0.4) is 0 Å². The van der Waals surface area contributed by atoms with E-state index in [0.717, 1.165) is 37.2 Å². The lowest BCUT2D eigenvalue weighted by molar-refractivity contribution is -0.383. The van der Waals surface area contributed by atoms with Crippen molar-refractivity contribution in [1.29, 1.82) is 0 Å². The van der Waals surface area contributed by atoms with Crippen molar-refractivity contribution in [2.75, 3.05) is 37.3 Å². The van der Waals surface area contributed by atoms with E-state index in [1.165, 1.54) is 10.9 Å². The predicted octanol–water partition coefficient (Wildman–Crippen LogP) is 2.44. The molecule has 0 aliphatic carbocycles. The smallest absolute Gasteiger partial charge is 0.305 e. The number of hydrogen-bond acceptors (Lipinski definition) is 8. The van der Waals surface area contributed by atoms with Crippen LogP contribution in [0.2, 0.25) is 0 Å². The molecular weight excluding hydrogens is 370 g/mol. The Balaban J connectivity index is 1.74. The predicted molar refractivity (Wildman–Crippen MR) is 95.9 cm³/mol. The fourth-order valence-corrected chi connectivity index (χ4v) is 5.45. The minimum absolute atomic E-state index is 0.0465. The molecule has 2 aromatic rings. The lowest BCUT2D eigenvalue weighted by Gasteiger charge is -2.34. The van der Waals surface area contributed by atoms with Gasteiger partial charge in [0.05, 0.1) is 4.92 Å². The lowest BCUT2D eigenvalue weighted by atomic mass is 10.3. The number of anilines is 1. The molecule has 3 heterocycles. The maximum absolute atomic E-state index is 11.7. The van der Waals surface area contributed by atoms with E-state index in [0.29, 0.717) is 18.1 Å². The molecule has 0 unspecified atom stereocenters. The highest BCUT2D eigenvalue weighted by atomic mass is 32.2. The molecule has 1 aliphatic heterocycles. The molecule has 0 radical (unpaired) electrons. The Morgan fingerprint density at radius 1 is 1.29 bits per heavy atom. The third kappa shape index (κ3) is 3.77. The van der Waals surface area contributed by atoms with Gasteiger partial charge in [-0.3, -0.25) is 15.0 Å². The largest absolute Gasteiger partial charge is 0.355 e. The Morgan fingerprint density at radius 3 is 2.54 bits per heavy atom. The Bertz CT molecular complexity index is 822. The van der Waals surface area contributed by atoms with Crippen LogP contribution in [0.4, 0.5) is 10.7 Å². The van der Waals surface area contributed by atoms with Gasteiger partial charge < -0.3 is 4.90 Å². The van der Waals surface area contributed by atoms with Gasteiger partial charge in [-0.1, -0.05) is 17.4 Å². The van der Waals surface area contributed by atoms with Gasteiger partial charge in [-0.05, 0) is 11.4 Å². The standard InChI is InChI=1S/C14H17N3O4S3/c1-24(20,21)13-9-12(17(18)19)14(23-13)16-6-4-15(5-7-16)10-11-3-2-8-22-11/h2-3,8-9H,4-7,10H2,1H3. The molecule has 0 amide bonds. The molecule has 10 heteroatoms. The van der Waals surface area contributed by atoms with E-state index in [9.17, 15) is 18.5 Å². The molecule has 1 aliphatic rings. The van der Waals surface area contributed by atoms with Gasteiger partial charge in [-0.15, -0.1) is 11.3 Å². The third-order valence-electron chi connectivity index (χ3n) is 3.85. The van der Waals surface area contributed by atoms with Crippen LogP contribution in [0.1, 0.15) is 4.88 Å². The van der Waals surface area contributed by atoms with E-state index >= 15 is 0 Å². The van der Waals surface area contributed by atoms with Gasteiger partial charge in [0.15, 0.2) is 14.8 Å². The molecule has 130 valence electrons. The topological polar surface area (TPSA) is 83.8 Å². The van der Waals surface area contributed by atoms with Crippen LogP contribution >= 0.6 is 22.7 Å². The first-order valence-corrected chi connectivity index (χ1v) is 10.9. The van der Waals surface area contributed by atoms with Crippen LogP contribution in [0.5, 0.6) is 0 Å². The SMILES string of the molecule is CS(=O)(=O)c1cc([N+](=O)[O-])c(N2CCN(Cc3cccs3)CC2)s1. The van der Waals surface area contributed by atoms with E-state index in [2.05, 4.69) is 11.0 Å². The van der Waals surface area contributed by atoms with Crippen LogP contribution in [0, 0.1) is 10.1 Å². The highest BCUT2D eigenvalue weighted by Gasteiger charge is 2.29. The second kappa shape index (κ2) is 6.79. The van der Waals surface area contributed by atoms with Gasteiger partial charge >= 0.3 is 5.69 Å². The van der Waals surface area contributed by atoms with E-state index in [1.54, 1.807) is 11.3 Å². The van der Waals surface area contributed by atoms with Crippen molar-refractivity contribution in [2.24, 2.45) is 0 Å². The molecule has 7 nitrogen and oxygen atoms in total. The van der Waals surface area contributed by atoms with E-state index in [-0.39, 0.29) is 9.90 Å². The number of nitrogens with zero attached hydrogens (tertiary/aromatic N) is 3. The van der Waals surface area contributed by atoms with Crippen molar-refractivity contribution in [2.45, 2.75) is 10.8 Å². The fraction of sp³-hybridized carbons (Fsp3) is 0.429. The first-order valence-electron chi connectivity index (χ1n) is 7.32. The summed E-state index contributed by atoms with van der Waals surface area (Å²) in [7, 11) is -3.44. The van der Waals surface area contributed by atoms with E-state index in [1.807, 2.05) is 16.3 Å². The van der Waals surface area contributed by atoms with Gasteiger partial charge in [0.25, 0.3) is 0 Å². The van der Waals surface area contributed by atoms with Gasteiger partial charge in [0, 0.05) is 49.9 Å². The van der Waals surface area contributed by atoms with E-state index in [4.69, 9.17) is 0 Å². The van der Waals surface area contributed by atoms with Crippen molar-refractivity contribution < 1.29 is 13.3 Å². The van der Waals surface area contributed by atoms with Gasteiger partial charge in [-0.2, -0.15) is 0 Å². The number of hydrogen-bond donors (Lipinski definition) is 0. The highest BCUT2D eigenvalue weighted by Crippen LogP contribution is 2.40. The van der Waals surface area contributed by atoms with Gasteiger partial charge in [0.1, 0.15) is 4.21 Å². The zero-order valence-electron chi connectivity index (χ0n) is 13.0. The van der Waals surface area contributed by atoms with Crippen molar-refractivity contribution in [3.8, 4) is 0 Å². The zero-order valence-corrected chi connectivity index (χ0v) is 15.5. The Morgan fingerprint density at radius 2 is 2.00 bits per heavy atom. The lowest BCUT2D eigenvalue weighted by Crippen LogP contribution is -2.45. The number of piperazine rings is 1. The molecule has 1 saturated heterocycles. The van der Waals surface area contributed by atoms with Gasteiger partial charge in [-0.25, -0.2) is 8.42 Å². The molecular formula is C14H17N3O4S3. The van der Waals surface area contributed by atoms with Gasteiger partial charge in [0.2, 0.25) is 0 Å². The summed E-state index contributed by atoms with van der Waals surface area (Å²) in [4.78, 5) is 16.3. The Kier molecular flexibility index (Phi) is 4.90. The summed E-state index contributed by atoms with van der Waals surface area (Å²) in [6.45, 7) is 3.76. The normalized spacial score (nSPS) is 16.5. The average Bonchev–Trinajstić information content (AvgIpc) is 3.16. The molecule has 24 heavy (non-hydrogen) atoms.